The summed E-state index contributed by atoms with van der Waals surface area (Å²) in [6.45, 7) is 1.94. The Kier molecular flexibility index (Phi) is 5.70. The standard InChI is InChI=1S/C15H21ClN2O3/c1-20-13-8-14(21-2)12(7-11(13)16)18-15(19)6-10-4-3-5-17-9-10/h7-8,10,17H,3-6,9H2,1-2H3,(H,18,19). The number of methoxy groups -OCH3 is 2. The lowest BCUT2D eigenvalue weighted by molar-refractivity contribution is -0.117. The first-order chi connectivity index (χ1) is 10.1. The molecule has 1 fully saturated rings. The molecule has 0 radical (unpaired) electrons. The lowest BCUT2D eigenvalue weighted by Crippen LogP contribution is -2.32. The van der Waals surface area contributed by atoms with Crippen LogP contribution in [-0.2, 0) is 4.79 Å². The summed E-state index contributed by atoms with van der Waals surface area (Å²) in [4.78, 5) is 12.1. The van der Waals surface area contributed by atoms with Gasteiger partial charge in [-0.25, -0.2) is 0 Å². The van der Waals surface area contributed by atoms with E-state index in [4.69, 9.17) is 21.1 Å². The predicted molar refractivity (Wildman–Crippen MR) is 83.4 cm³/mol. The van der Waals surface area contributed by atoms with Crippen molar-refractivity contribution < 1.29 is 14.3 Å². The van der Waals surface area contributed by atoms with Gasteiger partial charge in [-0.3, -0.25) is 4.79 Å². The molecule has 0 bridgehead atoms. The fraction of sp³-hybridized carbons (Fsp3) is 0.533. The van der Waals surface area contributed by atoms with Crippen LogP contribution in [0.2, 0.25) is 5.02 Å². The summed E-state index contributed by atoms with van der Waals surface area (Å²) in [5.74, 6) is 1.41. The van der Waals surface area contributed by atoms with Crippen LogP contribution in [0.1, 0.15) is 19.3 Å². The predicted octanol–water partition coefficient (Wildman–Crippen LogP) is 2.69. The maximum atomic E-state index is 12.1. The molecule has 1 atom stereocenters. The van der Waals surface area contributed by atoms with Crippen molar-refractivity contribution in [2.45, 2.75) is 19.3 Å². The van der Waals surface area contributed by atoms with E-state index < -0.39 is 0 Å². The number of hydrogen-bond donors (Lipinski definition) is 2. The van der Waals surface area contributed by atoms with Crippen molar-refractivity contribution in [2.75, 3.05) is 32.6 Å². The van der Waals surface area contributed by atoms with E-state index in [9.17, 15) is 4.79 Å². The van der Waals surface area contributed by atoms with E-state index in [0.29, 0.717) is 34.5 Å². The number of halogens is 1. The topological polar surface area (TPSA) is 59.6 Å². The molecule has 5 nitrogen and oxygen atoms in total. The molecule has 1 aromatic carbocycles. The summed E-state index contributed by atoms with van der Waals surface area (Å²) >= 11 is 6.09. The summed E-state index contributed by atoms with van der Waals surface area (Å²) in [5, 5.41) is 6.62. The highest BCUT2D eigenvalue weighted by molar-refractivity contribution is 6.32. The average molecular weight is 313 g/mol. The third-order valence-electron chi connectivity index (χ3n) is 3.62. The largest absolute Gasteiger partial charge is 0.495 e. The summed E-state index contributed by atoms with van der Waals surface area (Å²) in [6.07, 6.45) is 2.70. The van der Waals surface area contributed by atoms with Gasteiger partial charge in [0.25, 0.3) is 0 Å². The van der Waals surface area contributed by atoms with Crippen LogP contribution in [0.25, 0.3) is 0 Å². The highest BCUT2D eigenvalue weighted by Gasteiger charge is 2.18. The summed E-state index contributed by atoms with van der Waals surface area (Å²) in [7, 11) is 3.08. The Morgan fingerprint density at radius 3 is 2.76 bits per heavy atom. The van der Waals surface area contributed by atoms with Crippen LogP contribution in [0.3, 0.4) is 0 Å². The molecule has 1 saturated heterocycles. The second kappa shape index (κ2) is 7.52. The Morgan fingerprint density at radius 2 is 2.14 bits per heavy atom. The molecule has 0 spiro atoms. The Balaban J connectivity index is 2.03. The smallest absolute Gasteiger partial charge is 0.224 e. The highest BCUT2D eigenvalue weighted by atomic mass is 35.5. The van der Waals surface area contributed by atoms with Gasteiger partial charge < -0.3 is 20.1 Å². The molecule has 21 heavy (non-hydrogen) atoms. The van der Waals surface area contributed by atoms with Crippen molar-refractivity contribution in [1.29, 1.82) is 0 Å². The van der Waals surface area contributed by atoms with E-state index in [-0.39, 0.29) is 5.91 Å². The van der Waals surface area contributed by atoms with E-state index in [2.05, 4.69) is 10.6 Å². The molecule has 1 heterocycles. The Hall–Kier alpha value is -1.46. The van der Waals surface area contributed by atoms with Gasteiger partial charge in [-0.2, -0.15) is 0 Å². The maximum absolute atomic E-state index is 12.1. The normalized spacial score (nSPS) is 18.1. The summed E-state index contributed by atoms with van der Waals surface area (Å²) < 4.78 is 10.4. The van der Waals surface area contributed by atoms with Crippen LogP contribution in [0.15, 0.2) is 12.1 Å². The molecule has 0 saturated carbocycles. The van der Waals surface area contributed by atoms with Crippen molar-refractivity contribution in [3.05, 3.63) is 17.2 Å². The number of benzene rings is 1. The zero-order valence-corrected chi connectivity index (χ0v) is 13.1. The zero-order chi connectivity index (χ0) is 15.2. The van der Waals surface area contributed by atoms with Crippen LogP contribution in [0, 0.1) is 5.92 Å². The molecule has 1 amide bonds. The van der Waals surface area contributed by atoms with Gasteiger partial charge in [-0.1, -0.05) is 11.6 Å². The minimum Gasteiger partial charge on any atom is -0.495 e. The average Bonchev–Trinajstić information content (AvgIpc) is 2.48. The molecule has 0 aliphatic carbocycles. The number of amides is 1. The van der Waals surface area contributed by atoms with Gasteiger partial charge in [0.05, 0.1) is 24.9 Å². The molecule has 116 valence electrons. The van der Waals surface area contributed by atoms with Gasteiger partial charge in [0.2, 0.25) is 5.91 Å². The Morgan fingerprint density at radius 1 is 1.38 bits per heavy atom. The fourth-order valence-corrected chi connectivity index (χ4v) is 2.76. The molecule has 2 N–H and O–H groups in total. The minimum atomic E-state index is -0.0248. The van der Waals surface area contributed by atoms with Gasteiger partial charge in [0, 0.05) is 12.5 Å². The number of rotatable bonds is 5. The number of anilines is 1. The first-order valence-electron chi connectivity index (χ1n) is 7.06. The number of carbonyl (C=O) groups is 1. The molecular formula is C15H21ClN2O3. The first-order valence-corrected chi connectivity index (χ1v) is 7.44. The molecular weight excluding hydrogens is 292 g/mol. The maximum Gasteiger partial charge on any atom is 0.224 e. The van der Waals surface area contributed by atoms with E-state index in [1.807, 2.05) is 0 Å². The molecule has 6 heteroatoms. The second-order valence-electron chi connectivity index (χ2n) is 5.15. The SMILES string of the molecule is COc1cc(OC)c(NC(=O)CC2CCCNC2)cc1Cl. The van der Waals surface area contributed by atoms with Crippen molar-refractivity contribution in [3.8, 4) is 11.5 Å². The van der Waals surface area contributed by atoms with E-state index in [1.54, 1.807) is 19.2 Å². The van der Waals surface area contributed by atoms with Crippen LogP contribution in [0.5, 0.6) is 11.5 Å². The molecule has 1 aliphatic rings. The van der Waals surface area contributed by atoms with Crippen molar-refractivity contribution >= 4 is 23.2 Å². The molecule has 1 aromatic rings. The lowest BCUT2D eigenvalue weighted by atomic mass is 9.96. The van der Waals surface area contributed by atoms with Gasteiger partial charge in [-0.15, -0.1) is 0 Å². The van der Waals surface area contributed by atoms with Crippen LogP contribution in [-0.4, -0.2) is 33.2 Å². The number of carbonyl (C=O) groups excluding carboxylic acids is 1. The van der Waals surface area contributed by atoms with E-state index in [1.165, 1.54) is 7.11 Å². The summed E-state index contributed by atoms with van der Waals surface area (Å²) in [6, 6.07) is 3.32. The van der Waals surface area contributed by atoms with Crippen molar-refractivity contribution in [2.24, 2.45) is 5.92 Å². The molecule has 0 aromatic heterocycles. The van der Waals surface area contributed by atoms with Gasteiger partial charge >= 0.3 is 0 Å². The molecule has 1 aliphatic heterocycles. The van der Waals surface area contributed by atoms with Crippen LogP contribution >= 0.6 is 11.6 Å². The van der Waals surface area contributed by atoms with Gasteiger partial charge in [0.15, 0.2) is 0 Å². The third kappa shape index (κ3) is 4.25. The number of nitrogens with one attached hydrogen (secondary N) is 2. The summed E-state index contributed by atoms with van der Waals surface area (Å²) in [5.41, 5.74) is 0.567. The first kappa shape index (κ1) is 15.9. The Labute approximate surface area is 130 Å². The van der Waals surface area contributed by atoms with Crippen molar-refractivity contribution in [1.82, 2.24) is 5.32 Å². The van der Waals surface area contributed by atoms with Crippen molar-refractivity contribution in [3.63, 3.8) is 0 Å². The second-order valence-corrected chi connectivity index (χ2v) is 5.56. The third-order valence-corrected chi connectivity index (χ3v) is 3.92. The van der Waals surface area contributed by atoms with Crippen LogP contribution < -0.4 is 20.1 Å². The quantitative estimate of drug-likeness (QED) is 0.877. The highest BCUT2D eigenvalue weighted by Crippen LogP contribution is 2.36. The molecule has 1 unspecified atom stereocenters. The zero-order valence-electron chi connectivity index (χ0n) is 12.4. The lowest BCUT2D eigenvalue weighted by Gasteiger charge is -2.22. The number of piperidine rings is 1. The van der Waals surface area contributed by atoms with Gasteiger partial charge in [-0.05, 0) is 37.9 Å². The Bertz CT molecular complexity index is 502. The van der Waals surface area contributed by atoms with E-state index in [0.717, 1.165) is 25.9 Å². The molecule has 2 rings (SSSR count). The number of hydrogen-bond acceptors (Lipinski definition) is 4. The fourth-order valence-electron chi connectivity index (χ4n) is 2.52. The number of ether oxygens (including phenoxy) is 2. The minimum absolute atomic E-state index is 0.0248. The van der Waals surface area contributed by atoms with Gasteiger partial charge in [0.1, 0.15) is 11.5 Å². The van der Waals surface area contributed by atoms with E-state index >= 15 is 0 Å². The van der Waals surface area contributed by atoms with Crippen LogP contribution in [0.4, 0.5) is 5.69 Å². The monoisotopic (exact) mass is 312 g/mol.